The van der Waals surface area contributed by atoms with Gasteiger partial charge in [0.2, 0.25) is 11.8 Å². The van der Waals surface area contributed by atoms with Gasteiger partial charge in [-0.2, -0.15) is 0 Å². The Hall–Kier alpha value is -10.5. The molecule has 526 valence electrons. The van der Waals surface area contributed by atoms with Crippen LogP contribution in [-0.2, 0) is 27.2 Å². The van der Waals surface area contributed by atoms with Crippen molar-refractivity contribution >= 4 is 122 Å². The molecule has 0 saturated carbocycles. The number of anilines is 3. The van der Waals surface area contributed by atoms with Crippen LogP contribution in [-0.4, -0.2) is 150 Å². The maximum atomic E-state index is 13.0. The number of thiocarbonyl (C=S) groups is 1. The summed E-state index contributed by atoms with van der Waals surface area (Å²) in [6.45, 7) is 22.5. The molecule has 0 fully saturated rings. The number of fused-ring (bicyclic) bond motifs is 3. The van der Waals surface area contributed by atoms with Gasteiger partial charge in [0.15, 0.2) is 12.1 Å². The van der Waals surface area contributed by atoms with Crippen molar-refractivity contribution in [2.45, 2.75) is 68.2 Å². The van der Waals surface area contributed by atoms with Crippen LogP contribution in [0.4, 0.5) is 17.1 Å². The summed E-state index contributed by atoms with van der Waals surface area (Å²) < 4.78 is 0. The molecule has 3 aromatic carbocycles. The zero-order valence-corrected chi connectivity index (χ0v) is 61.1. The number of thiazole rings is 2. The predicted molar refractivity (Wildman–Crippen MR) is 411 cm³/mol. The number of aldehydes is 1. The van der Waals surface area contributed by atoms with E-state index in [1.807, 2.05) is 116 Å². The summed E-state index contributed by atoms with van der Waals surface area (Å²) in [5.74, 6) is -0.527. The maximum absolute atomic E-state index is 13.0. The SMILES string of the molecule is CCN(CC)CCNC(=O)c1c(C)[nH]c(/C=C2\C(=O)Nc3ccc(-c4csc(-c5ccccn5)n4)cc32)c1C.CCN(CC)CCNC(=O)c1c(C)[nH]c(C=O)c1C.NC(=S)c1ccccn1.O=C1Cc2cc(-c3csc(-c4ccccn4)n3)ccc2N1.O=C1Cc2cc(C(=O)CCl)ccc2N1. The van der Waals surface area contributed by atoms with Crippen molar-refractivity contribution in [2.75, 3.05) is 74.2 Å². The number of nitrogens with zero attached hydrogens (tertiary/aromatic N) is 7. The van der Waals surface area contributed by atoms with Crippen LogP contribution in [0.1, 0.15) is 120 Å². The third kappa shape index (κ3) is 19.3. The van der Waals surface area contributed by atoms with Crippen LogP contribution >= 0.6 is 46.5 Å². The van der Waals surface area contributed by atoms with Crippen molar-refractivity contribution in [2.24, 2.45) is 5.73 Å². The monoisotopic (exact) mass is 1450 g/mol. The fraction of sp³-hybridized carbons (Fsp3) is 0.250. The summed E-state index contributed by atoms with van der Waals surface area (Å²) in [4.78, 5) is 116. The third-order valence-corrected chi connectivity index (χ3v) is 19.2. The number of amides is 5. The summed E-state index contributed by atoms with van der Waals surface area (Å²) >= 11 is 13.2. The average molecular weight is 1450 g/mol. The number of aromatic nitrogens is 7. The molecule has 0 bridgehead atoms. The largest absolute Gasteiger partial charge is 0.388 e. The van der Waals surface area contributed by atoms with E-state index in [-0.39, 0.29) is 41.2 Å². The number of halogens is 1. The van der Waals surface area contributed by atoms with E-state index < -0.39 is 0 Å². The maximum Gasteiger partial charge on any atom is 0.256 e. The van der Waals surface area contributed by atoms with Crippen LogP contribution in [0.25, 0.3) is 55.6 Å². The summed E-state index contributed by atoms with van der Waals surface area (Å²) in [5, 5.41) is 20.2. The third-order valence-electron chi connectivity index (χ3n) is 17.0. The number of ketones is 1. The Kier molecular flexibility index (Phi) is 26.8. The minimum absolute atomic E-state index is 0.0276. The lowest BCUT2D eigenvalue weighted by Gasteiger charge is -2.18. The molecule has 0 spiro atoms. The van der Waals surface area contributed by atoms with Gasteiger partial charge in [-0.05, 0) is 161 Å². The van der Waals surface area contributed by atoms with E-state index in [9.17, 15) is 33.6 Å². The Labute approximate surface area is 610 Å². The van der Waals surface area contributed by atoms with Gasteiger partial charge >= 0.3 is 0 Å². The molecule has 9 N–H and O–H groups in total. The zero-order chi connectivity index (χ0) is 73.0. The standard InChI is InChI=1S/C30H32N6O2S.C16H11N3OS.C14H23N3O2.C10H8ClNO2.C6H6N2S/c1-5-36(6-2)14-13-32-29(38)27-18(3)25(33-19(27)4)16-22-21-15-20(10-11-23(21)34-28(22)37)26-17-39-30(35-26)24-9-7-8-12-31-24;20-15-8-11-7-10(4-5-12(11)18-15)14-9-21-16(19-14)13-3-1-2-6-17-13;1-5-17(6-2)8-7-15-14(19)13-10(3)12(9-18)16-11(13)4;11-5-9(13)6-1-2-8-7(3-6)4-10(14)12-8;7-6(9)5-3-1-2-4-8-5/h7-12,15-17,33H,5-6,13-14H2,1-4H3,(H,32,38)(H,34,37);1-7,9H,8H2,(H,18,20);9,16H,5-8H2,1-4H3,(H,15,19);1-3H,4-5H2,(H,12,14);1-4H,(H2,7,9)/b22-16-;;;;. The van der Waals surface area contributed by atoms with Crippen LogP contribution in [0.5, 0.6) is 0 Å². The van der Waals surface area contributed by atoms with Gasteiger partial charge in [0.05, 0.1) is 69.6 Å². The van der Waals surface area contributed by atoms with Gasteiger partial charge in [-0.15, -0.1) is 34.3 Å². The lowest BCUT2D eigenvalue weighted by molar-refractivity contribution is -0.115. The van der Waals surface area contributed by atoms with Crippen LogP contribution in [0.2, 0.25) is 0 Å². The number of hydrogen-bond acceptors (Lipinski definition) is 17. The first-order valence-corrected chi connectivity index (χ1v) is 35.9. The van der Waals surface area contributed by atoms with Gasteiger partial charge < -0.3 is 52.1 Å². The minimum Gasteiger partial charge on any atom is -0.388 e. The Morgan fingerprint density at radius 2 is 1.08 bits per heavy atom. The Bertz CT molecular complexity index is 4700. The minimum atomic E-state index is -0.175. The Balaban J connectivity index is 0.000000162. The van der Waals surface area contributed by atoms with Crippen molar-refractivity contribution in [3.8, 4) is 43.9 Å². The molecule has 102 heavy (non-hydrogen) atoms. The molecule has 5 amide bonds. The van der Waals surface area contributed by atoms with E-state index in [4.69, 9.17) is 22.3 Å². The number of pyridine rings is 3. The van der Waals surface area contributed by atoms with Crippen LogP contribution in [0.3, 0.4) is 0 Å². The number of H-pyrrole nitrogens is 2. The van der Waals surface area contributed by atoms with E-state index >= 15 is 0 Å². The average Bonchev–Trinajstić information content (AvgIpc) is 1.63. The van der Waals surface area contributed by atoms with Crippen molar-refractivity contribution in [1.82, 2.24) is 55.3 Å². The number of hydrogen-bond donors (Lipinski definition) is 8. The lowest BCUT2D eigenvalue weighted by atomic mass is 10.0. The van der Waals surface area contributed by atoms with E-state index in [1.165, 1.54) is 11.3 Å². The topological polar surface area (TPSA) is 308 Å². The predicted octanol–water partition coefficient (Wildman–Crippen LogP) is 12.6. The molecule has 3 aliphatic heterocycles. The Morgan fingerprint density at radius 3 is 1.54 bits per heavy atom. The first-order chi connectivity index (χ1) is 49.2. The van der Waals surface area contributed by atoms with Gasteiger partial charge in [-0.3, -0.25) is 48.5 Å². The molecule has 10 aromatic rings. The number of likely N-dealkylation sites (N-methyl/N-ethyl adjacent to an activating group) is 2. The van der Waals surface area contributed by atoms with Gasteiger partial charge in [-0.1, -0.05) is 70.2 Å². The van der Waals surface area contributed by atoms with Gasteiger partial charge in [0.25, 0.3) is 17.7 Å². The fourth-order valence-electron chi connectivity index (χ4n) is 11.4. The van der Waals surface area contributed by atoms with Crippen LogP contribution in [0, 0.1) is 27.7 Å². The molecular formula is C76H80ClN15O7S3. The molecule has 22 nitrogen and oxygen atoms in total. The second kappa shape index (κ2) is 36.2. The quantitative estimate of drug-likeness (QED) is 0.0109. The number of Topliss-reactive ketones (excluding diaryl/α,β-unsaturated/α-hetero) is 1. The molecule has 3 aliphatic rings. The second-order valence-corrected chi connectivity index (χ2v) is 26.0. The molecule has 0 radical (unpaired) electrons. The number of benzene rings is 3. The number of aromatic amines is 2. The van der Waals surface area contributed by atoms with E-state index in [0.717, 1.165) is 146 Å². The molecule has 13 rings (SSSR count). The molecule has 0 saturated heterocycles. The number of carbonyl (C=O) groups excluding carboxylic acids is 7. The van der Waals surface area contributed by atoms with Crippen molar-refractivity contribution in [3.05, 3.63) is 212 Å². The number of alkyl halides is 1. The molecule has 26 heteroatoms. The van der Waals surface area contributed by atoms with Gasteiger partial charge in [0, 0.05) is 112 Å². The molecule has 7 aromatic heterocycles. The van der Waals surface area contributed by atoms with Crippen LogP contribution in [0.15, 0.2) is 139 Å². The summed E-state index contributed by atoms with van der Waals surface area (Å²) in [5.41, 5.74) is 23.1. The number of nitrogens with one attached hydrogen (secondary N) is 7. The highest BCUT2D eigenvalue weighted by Gasteiger charge is 2.28. The smallest absolute Gasteiger partial charge is 0.256 e. The van der Waals surface area contributed by atoms with E-state index in [0.29, 0.717) is 70.1 Å². The van der Waals surface area contributed by atoms with Crippen molar-refractivity contribution < 1.29 is 33.6 Å². The highest BCUT2D eigenvalue weighted by molar-refractivity contribution is 7.80. The molecule has 0 unspecified atom stereocenters. The number of nitrogens with two attached hydrogens (primary N) is 1. The summed E-state index contributed by atoms with van der Waals surface area (Å²) in [7, 11) is 0. The summed E-state index contributed by atoms with van der Waals surface area (Å²) in [6.07, 6.45) is 8.55. The van der Waals surface area contributed by atoms with Crippen LogP contribution < -0.4 is 32.3 Å². The highest BCUT2D eigenvalue weighted by atomic mass is 35.5. The fourth-order valence-corrected chi connectivity index (χ4v) is 13.3. The van der Waals surface area contributed by atoms with Gasteiger partial charge in [0.1, 0.15) is 15.0 Å². The van der Waals surface area contributed by atoms with Crippen molar-refractivity contribution in [3.63, 3.8) is 0 Å². The second-order valence-electron chi connectivity index (χ2n) is 23.6. The first-order valence-electron chi connectivity index (χ1n) is 33.2. The van der Waals surface area contributed by atoms with Crippen molar-refractivity contribution in [1.29, 1.82) is 0 Å². The Morgan fingerprint density at radius 1 is 0.598 bits per heavy atom. The van der Waals surface area contributed by atoms with Gasteiger partial charge in [-0.25, -0.2) is 9.97 Å². The van der Waals surface area contributed by atoms with E-state index in [1.54, 1.807) is 68.0 Å². The van der Waals surface area contributed by atoms with E-state index in [2.05, 4.69) is 106 Å². The number of carbonyl (C=O) groups is 7. The molecule has 10 heterocycles. The highest BCUT2D eigenvalue weighted by Crippen LogP contribution is 2.39. The molecular weight excluding hydrogens is 1370 g/mol. The lowest BCUT2D eigenvalue weighted by Crippen LogP contribution is -2.35. The molecule has 0 atom stereocenters. The molecule has 0 aliphatic carbocycles. The summed E-state index contributed by atoms with van der Waals surface area (Å²) in [6, 6.07) is 34.0. The number of rotatable bonds is 21. The first kappa shape index (κ1) is 75.7. The number of aryl methyl sites for hydroxylation is 2. The normalized spacial score (nSPS) is 12.6. The zero-order valence-electron chi connectivity index (χ0n) is 57.9.